The Kier molecular flexibility index (Phi) is 4.16. The van der Waals surface area contributed by atoms with Crippen molar-refractivity contribution in [2.75, 3.05) is 14.2 Å². The number of halogens is 1. The average Bonchev–Trinajstić information content (AvgIpc) is 2.56. The van der Waals surface area contributed by atoms with E-state index in [1.165, 1.54) is 6.08 Å². The van der Waals surface area contributed by atoms with Gasteiger partial charge in [0, 0.05) is 23.7 Å². The average molecular weight is 316 g/mol. The molecule has 0 fully saturated rings. The van der Waals surface area contributed by atoms with E-state index in [1.54, 1.807) is 44.7 Å². The molecule has 1 heterocycles. The van der Waals surface area contributed by atoms with Gasteiger partial charge in [-0.2, -0.15) is 0 Å². The molecule has 2 N–H and O–H groups in total. The number of rotatable bonds is 4. The largest absolute Gasteiger partial charge is 0.493 e. The van der Waals surface area contributed by atoms with Gasteiger partial charge in [0.05, 0.1) is 19.7 Å². The van der Waals surface area contributed by atoms with Crippen LogP contribution in [0, 0.1) is 0 Å². The number of aromatic nitrogens is 1. The number of hydrogen-bond donors (Lipinski definition) is 1. The molecule has 120 valence electrons. The van der Waals surface area contributed by atoms with E-state index in [1.807, 2.05) is 0 Å². The van der Waals surface area contributed by atoms with Gasteiger partial charge in [-0.3, -0.25) is 4.98 Å². The van der Waals surface area contributed by atoms with Gasteiger partial charge in [0.15, 0.2) is 23.1 Å². The standard InChI is InChI=1S/C17H17FN2O3/c1-21-16-8-11-13(9-17(16)22-2)20-6-5-14(11)23-15-4-3-10(19)7-12(15)18/h4-10H,3,19H2,1-2H3. The first-order chi connectivity index (χ1) is 11.1. The number of allylic oxidation sites excluding steroid dienone is 1. The smallest absolute Gasteiger partial charge is 0.162 e. The van der Waals surface area contributed by atoms with Crippen molar-refractivity contribution in [3.8, 4) is 17.2 Å². The molecule has 0 spiro atoms. The number of pyridine rings is 1. The third kappa shape index (κ3) is 2.98. The van der Waals surface area contributed by atoms with Crippen molar-refractivity contribution in [3.63, 3.8) is 0 Å². The molecule has 23 heavy (non-hydrogen) atoms. The topological polar surface area (TPSA) is 66.6 Å². The Balaban J connectivity index is 2.03. The summed E-state index contributed by atoms with van der Waals surface area (Å²) in [5.41, 5.74) is 6.35. The molecule has 1 aromatic carbocycles. The highest BCUT2D eigenvalue weighted by molar-refractivity contribution is 5.88. The van der Waals surface area contributed by atoms with Gasteiger partial charge in [0.2, 0.25) is 0 Å². The predicted molar refractivity (Wildman–Crippen MR) is 85.3 cm³/mol. The van der Waals surface area contributed by atoms with Crippen LogP contribution in [0.3, 0.4) is 0 Å². The van der Waals surface area contributed by atoms with Crippen LogP contribution in [-0.2, 0) is 0 Å². The molecule has 0 amide bonds. The fourth-order valence-electron chi connectivity index (χ4n) is 2.42. The first-order valence-corrected chi connectivity index (χ1v) is 7.14. The third-order valence-electron chi connectivity index (χ3n) is 3.60. The van der Waals surface area contributed by atoms with Crippen LogP contribution in [0.25, 0.3) is 10.9 Å². The summed E-state index contributed by atoms with van der Waals surface area (Å²) in [6.07, 6.45) is 5.12. The van der Waals surface area contributed by atoms with Crippen LogP contribution < -0.4 is 19.9 Å². The van der Waals surface area contributed by atoms with E-state index in [9.17, 15) is 4.39 Å². The normalized spacial score (nSPS) is 17.5. The fourth-order valence-corrected chi connectivity index (χ4v) is 2.42. The number of methoxy groups -OCH3 is 2. The van der Waals surface area contributed by atoms with Crippen molar-refractivity contribution >= 4 is 10.9 Å². The van der Waals surface area contributed by atoms with Crippen LogP contribution in [-0.4, -0.2) is 25.2 Å². The second-order valence-electron chi connectivity index (χ2n) is 5.12. The molecule has 0 aliphatic heterocycles. The zero-order valence-electron chi connectivity index (χ0n) is 12.9. The summed E-state index contributed by atoms with van der Waals surface area (Å²) in [6, 6.07) is 4.86. The highest BCUT2D eigenvalue weighted by Crippen LogP contribution is 2.36. The van der Waals surface area contributed by atoms with Crippen molar-refractivity contribution in [1.82, 2.24) is 4.98 Å². The van der Waals surface area contributed by atoms with Crippen LogP contribution >= 0.6 is 0 Å². The van der Waals surface area contributed by atoms with Crippen LogP contribution in [0.2, 0.25) is 0 Å². The summed E-state index contributed by atoms with van der Waals surface area (Å²) in [5, 5.41) is 0.703. The van der Waals surface area contributed by atoms with Crippen molar-refractivity contribution in [2.24, 2.45) is 5.73 Å². The molecule has 0 saturated carbocycles. The van der Waals surface area contributed by atoms with Gasteiger partial charge in [-0.1, -0.05) is 0 Å². The van der Waals surface area contributed by atoms with E-state index >= 15 is 0 Å². The van der Waals surface area contributed by atoms with Crippen LogP contribution in [0.4, 0.5) is 4.39 Å². The lowest BCUT2D eigenvalue weighted by Gasteiger charge is -2.16. The molecule has 6 heteroatoms. The number of benzene rings is 1. The Morgan fingerprint density at radius 2 is 1.91 bits per heavy atom. The van der Waals surface area contributed by atoms with Crippen molar-refractivity contribution in [2.45, 2.75) is 12.5 Å². The minimum absolute atomic E-state index is 0.161. The monoisotopic (exact) mass is 316 g/mol. The molecule has 1 aliphatic rings. The lowest BCUT2D eigenvalue weighted by atomic mass is 10.1. The third-order valence-corrected chi connectivity index (χ3v) is 3.60. The van der Waals surface area contributed by atoms with Gasteiger partial charge in [0.25, 0.3) is 0 Å². The molecule has 2 aromatic rings. The first kappa shape index (κ1) is 15.3. The maximum atomic E-state index is 14.0. The fraction of sp³-hybridized carbons (Fsp3) is 0.235. The molecular formula is C17H17FN2O3. The highest BCUT2D eigenvalue weighted by Gasteiger charge is 2.17. The first-order valence-electron chi connectivity index (χ1n) is 7.14. The van der Waals surface area contributed by atoms with Gasteiger partial charge in [-0.05, 0) is 30.7 Å². The molecule has 5 nitrogen and oxygen atoms in total. The molecule has 1 aliphatic carbocycles. The minimum Gasteiger partial charge on any atom is -0.493 e. The second kappa shape index (κ2) is 6.26. The quantitative estimate of drug-likeness (QED) is 0.939. The summed E-state index contributed by atoms with van der Waals surface area (Å²) in [4.78, 5) is 4.29. The number of hydrogen-bond acceptors (Lipinski definition) is 5. The Morgan fingerprint density at radius 1 is 1.17 bits per heavy atom. The molecule has 1 unspecified atom stereocenters. The zero-order chi connectivity index (χ0) is 16.4. The summed E-state index contributed by atoms with van der Waals surface area (Å²) in [6.45, 7) is 0. The van der Waals surface area contributed by atoms with E-state index in [0.29, 0.717) is 34.6 Å². The summed E-state index contributed by atoms with van der Waals surface area (Å²) in [7, 11) is 3.11. The molecule has 1 aromatic heterocycles. The summed E-state index contributed by atoms with van der Waals surface area (Å²) >= 11 is 0. The predicted octanol–water partition coefficient (Wildman–Crippen LogP) is 3.10. The van der Waals surface area contributed by atoms with Gasteiger partial charge in [-0.25, -0.2) is 4.39 Å². The Hall–Kier alpha value is -2.60. The number of ether oxygens (including phenoxy) is 3. The highest BCUT2D eigenvalue weighted by atomic mass is 19.1. The van der Waals surface area contributed by atoms with Gasteiger partial charge < -0.3 is 19.9 Å². The van der Waals surface area contributed by atoms with Crippen molar-refractivity contribution < 1.29 is 18.6 Å². The Labute approximate surface area is 133 Å². The molecule has 3 rings (SSSR count). The molecule has 0 saturated heterocycles. The van der Waals surface area contributed by atoms with E-state index < -0.39 is 5.83 Å². The van der Waals surface area contributed by atoms with Gasteiger partial charge in [0.1, 0.15) is 5.75 Å². The number of fused-ring (bicyclic) bond motifs is 1. The van der Waals surface area contributed by atoms with Crippen LogP contribution in [0.5, 0.6) is 17.2 Å². The van der Waals surface area contributed by atoms with Gasteiger partial charge in [-0.15, -0.1) is 0 Å². The zero-order valence-corrected chi connectivity index (χ0v) is 12.9. The van der Waals surface area contributed by atoms with Crippen molar-refractivity contribution in [1.29, 1.82) is 0 Å². The molecule has 1 atom stereocenters. The second-order valence-corrected chi connectivity index (χ2v) is 5.12. The lowest BCUT2D eigenvalue weighted by Crippen LogP contribution is -2.20. The molecule has 0 radical (unpaired) electrons. The van der Waals surface area contributed by atoms with E-state index in [0.717, 1.165) is 0 Å². The summed E-state index contributed by atoms with van der Waals surface area (Å²) in [5.74, 6) is 1.30. The number of nitrogens with zero attached hydrogens (tertiary/aromatic N) is 1. The maximum absolute atomic E-state index is 14.0. The van der Waals surface area contributed by atoms with Crippen LogP contribution in [0.15, 0.2) is 48.1 Å². The minimum atomic E-state index is -0.464. The summed E-state index contributed by atoms with van der Waals surface area (Å²) < 4.78 is 30.3. The Bertz CT molecular complexity index is 802. The van der Waals surface area contributed by atoms with Crippen LogP contribution in [0.1, 0.15) is 6.42 Å². The SMILES string of the molecule is COc1cc2nccc(OC3=CCC(N)C=C3F)c2cc1OC. The number of nitrogens with two attached hydrogens (primary N) is 1. The van der Waals surface area contributed by atoms with E-state index in [4.69, 9.17) is 19.9 Å². The van der Waals surface area contributed by atoms with E-state index in [2.05, 4.69) is 4.98 Å². The van der Waals surface area contributed by atoms with Gasteiger partial charge >= 0.3 is 0 Å². The maximum Gasteiger partial charge on any atom is 0.162 e. The Morgan fingerprint density at radius 3 is 2.61 bits per heavy atom. The molecule has 0 bridgehead atoms. The van der Waals surface area contributed by atoms with E-state index in [-0.39, 0.29) is 11.8 Å². The molecular weight excluding hydrogens is 299 g/mol. The lowest BCUT2D eigenvalue weighted by molar-refractivity contribution is 0.355. The van der Waals surface area contributed by atoms with Crippen molar-refractivity contribution in [3.05, 3.63) is 48.1 Å².